The van der Waals surface area contributed by atoms with Gasteiger partial charge in [0.1, 0.15) is 0 Å². The highest BCUT2D eigenvalue weighted by Gasteiger charge is 2.38. The summed E-state index contributed by atoms with van der Waals surface area (Å²) in [4.78, 5) is 130. The van der Waals surface area contributed by atoms with Gasteiger partial charge in [0.05, 0.1) is 44.5 Å². The number of nitrogens with zero attached hydrogens (tertiary/aromatic N) is 2. The summed E-state index contributed by atoms with van der Waals surface area (Å²) >= 11 is 0. The summed E-state index contributed by atoms with van der Waals surface area (Å²) in [7, 11) is 0. The monoisotopic (exact) mass is 861 g/mol. The van der Waals surface area contributed by atoms with Gasteiger partial charge in [-0.05, 0) is 96.6 Å². The van der Waals surface area contributed by atoms with E-state index in [1.165, 1.54) is 36.4 Å². The molecule has 8 rings (SSSR count). The van der Waals surface area contributed by atoms with E-state index in [0.29, 0.717) is 35.2 Å². The van der Waals surface area contributed by atoms with Gasteiger partial charge in [0.15, 0.2) is 0 Å². The molecule has 4 heterocycles. The highest BCUT2D eigenvalue weighted by atomic mass is 16.6. The first-order valence-corrected chi connectivity index (χ1v) is 19.2. The summed E-state index contributed by atoms with van der Waals surface area (Å²) in [6.45, 7) is 0.467. The molecule has 4 aliphatic heterocycles. The van der Waals surface area contributed by atoms with Crippen molar-refractivity contribution in [3.63, 3.8) is 0 Å². The minimum Gasteiger partial charge on any atom is -0.481 e. The van der Waals surface area contributed by atoms with E-state index < -0.39 is 65.4 Å². The Kier molecular flexibility index (Phi) is 13.1. The third-order valence-corrected chi connectivity index (χ3v) is 10.0. The number of esters is 4. The second kappa shape index (κ2) is 18.6. The summed E-state index contributed by atoms with van der Waals surface area (Å²) in [6, 6.07) is 18.7. The molecule has 4 aliphatic rings. The predicted octanol–water partition coefficient (Wildman–Crippen LogP) is 4.06. The number of aliphatic carboxylic acids is 3. The molecule has 0 saturated heterocycles. The number of ether oxygens (including phenoxy) is 2. The van der Waals surface area contributed by atoms with Crippen LogP contribution in [-0.2, 0) is 23.9 Å². The number of hydrogen-bond donors (Lipinski definition) is 4. The molecular weight excluding hydrogens is 826 g/mol. The second-order valence-corrected chi connectivity index (χ2v) is 14.2. The number of benzene rings is 4. The van der Waals surface area contributed by atoms with Crippen LogP contribution in [0.5, 0.6) is 0 Å². The van der Waals surface area contributed by atoms with E-state index >= 15 is 0 Å². The molecule has 0 spiro atoms. The smallest absolute Gasteiger partial charge is 0.346 e. The van der Waals surface area contributed by atoms with Crippen molar-refractivity contribution in [1.29, 1.82) is 0 Å². The van der Waals surface area contributed by atoms with Crippen molar-refractivity contribution < 1.29 is 77.5 Å². The molecule has 0 fully saturated rings. The zero-order valence-electron chi connectivity index (χ0n) is 32.9. The van der Waals surface area contributed by atoms with Crippen molar-refractivity contribution in [2.75, 3.05) is 19.6 Å². The lowest BCUT2D eigenvalue weighted by Crippen LogP contribution is -2.31. The molecule has 19 heteroatoms. The van der Waals surface area contributed by atoms with E-state index in [4.69, 9.17) is 21.1 Å². The van der Waals surface area contributed by atoms with Crippen molar-refractivity contribution in [1.82, 2.24) is 9.80 Å². The van der Waals surface area contributed by atoms with Crippen LogP contribution in [0.25, 0.3) is 22.3 Å². The fourth-order valence-corrected chi connectivity index (χ4v) is 6.91. The average Bonchev–Trinajstić information content (AvgIpc) is 3.88. The lowest BCUT2D eigenvalue weighted by molar-refractivity contribution is -0.138. The van der Waals surface area contributed by atoms with E-state index in [-0.39, 0.29) is 89.7 Å². The number of amides is 4. The van der Waals surface area contributed by atoms with Crippen molar-refractivity contribution in [3.05, 3.63) is 117 Å². The van der Waals surface area contributed by atoms with Crippen LogP contribution in [0.15, 0.2) is 72.8 Å². The molecule has 0 aliphatic carbocycles. The number of carboxylic acids is 3. The number of nitrogens with two attached hydrogens (primary N) is 1. The molecule has 0 unspecified atom stereocenters. The van der Waals surface area contributed by atoms with Crippen LogP contribution in [-0.4, -0.2) is 110 Å². The summed E-state index contributed by atoms with van der Waals surface area (Å²) in [5.41, 5.74) is 9.02. The third-order valence-electron chi connectivity index (χ3n) is 10.0. The maximum atomic E-state index is 12.8. The molecule has 0 atom stereocenters. The Morgan fingerprint density at radius 3 is 1.02 bits per heavy atom. The molecule has 5 N–H and O–H groups in total. The fraction of sp³-hybridized carbons (Fsp3) is 0.205. The lowest BCUT2D eigenvalue weighted by atomic mass is 9.97. The minimum absolute atomic E-state index is 0.00114. The van der Waals surface area contributed by atoms with Gasteiger partial charge in [0.2, 0.25) is 0 Å². The summed E-state index contributed by atoms with van der Waals surface area (Å²) < 4.78 is 9.06. The van der Waals surface area contributed by atoms with Gasteiger partial charge in [-0.3, -0.25) is 43.4 Å². The Hall–Kier alpha value is -8.19. The van der Waals surface area contributed by atoms with Crippen molar-refractivity contribution in [2.45, 2.75) is 38.5 Å². The largest absolute Gasteiger partial charge is 0.481 e. The number of carbonyl (C=O) groups is 11. The zero-order chi connectivity index (χ0) is 45.7. The molecule has 0 aromatic heterocycles. The molecule has 63 heavy (non-hydrogen) atoms. The van der Waals surface area contributed by atoms with Crippen LogP contribution in [0, 0.1) is 0 Å². The number of carbonyl (C=O) groups excluding carboxylic acids is 8. The van der Waals surface area contributed by atoms with Crippen molar-refractivity contribution in [3.8, 4) is 22.3 Å². The van der Waals surface area contributed by atoms with Gasteiger partial charge >= 0.3 is 41.8 Å². The van der Waals surface area contributed by atoms with Crippen LogP contribution >= 0.6 is 0 Å². The number of hydrogen-bond acceptors (Lipinski definition) is 14. The Balaban J connectivity index is 0.000000194. The van der Waals surface area contributed by atoms with E-state index in [1.807, 2.05) is 0 Å². The van der Waals surface area contributed by atoms with Crippen LogP contribution in [0.3, 0.4) is 0 Å². The lowest BCUT2D eigenvalue weighted by Gasteiger charge is -2.12. The molecule has 322 valence electrons. The molecular formula is C44H35N3O16. The van der Waals surface area contributed by atoms with Gasteiger partial charge in [-0.15, -0.1) is 0 Å². The molecule has 4 amide bonds. The number of cyclic esters (lactones) is 4. The van der Waals surface area contributed by atoms with Crippen molar-refractivity contribution >= 4 is 65.4 Å². The zero-order valence-corrected chi connectivity index (χ0v) is 32.9. The number of rotatable bonds is 13. The first kappa shape index (κ1) is 44.4. The standard InChI is InChI=1S/C24H20N2O8.C16H6O6.C4H9NO2/c27-19(28)3-1-9-25-21(31)15-7-5-13(11-17(15)23(25)33)14-6-8-16-18(12-14)24(34)26(22(16)32)10-2-4-20(29)30;17-13-9-3-1-7(5-11(9)15(19)21-13)8-2-4-10-12(6-8)16(20)22-14(10)18;5-3-1-2-4(6)7/h5-8,11-12H,1-4,9-10H2,(H,27,28)(H,29,30);1-6H;1-3,5H2,(H,6,7). The minimum atomic E-state index is -1.01. The first-order valence-electron chi connectivity index (χ1n) is 19.2. The predicted molar refractivity (Wildman–Crippen MR) is 214 cm³/mol. The molecule has 0 radical (unpaired) electrons. The molecule has 0 saturated carbocycles. The maximum Gasteiger partial charge on any atom is 0.346 e. The number of imide groups is 2. The van der Waals surface area contributed by atoms with Gasteiger partial charge in [-0.2, -0.15) is 0 Å². The van der Waals surface area contributed by atoms with E-state index in [2.05, 4.69) is 9.47 Å². The van der Waals surface area contributed by atoms with Crippen LogP contribution < -0.4 is 5.73 Å². The van der Waals surface area contributed by atoms with Crippen LogP contribution in [0.4, 0.5) is 0 Å². The molecule has 19 nitrogen and oxygen atoms in total. The second-order valence-electron chi connectivity index (χ2n) is 14.2. The summed E-state index contributed by atoms with van der Waals surface area (Å²) in [5.74, 6) is -7.51. The summed E-state index contributed by atoms with van der Waals surface area (Å²) in [5, 5.41) is 25.5. The Labute approximate surface area is 355 Å². The normalized spacial score (nSPS) is 14.2. The Morgan fingerprint density at radius 2 is 0.698 bits per heavy atom. The highest BCUT2D eigenvalue weighted by molar-refractivity contribution is 6.23. The van der Waals surface area contributed by atoms with Gasteiger partial charge in [-0.25, -0.2) is 19.2 Å². The fourth-order valence-electron chi connectivity index (χ4n) is 6.91. The van der Waals surface area contributed by atoms with Gasteiger partial charge in [0.25, 0.3) is 23.6 Å². The van der Waals surface area contributed by atoms with Crippen LogP contribution in [0.2, 0.25) is 0 Å². The number of fused-ring (bicyclic) bond motifs is 4. The average molecular weight is 862 g/mol. The quantitative estimate of drug-likeness (QED) is 0.0837. The van der Waals surface area contributed by atoms with E-state index in [1.54, 1.807) is 36.4 Å². The molecule has 4 aromatic rings. The number of carboxylic acid groups (broad SMARTS) is 3. The summed E-state index contributed by atoms with van der Waals surface area (Å²) in [6.07, 6.45) is 0.753. The SMILES string of the molecule is NCCCC(=O)O.O=C(O)CCCN1C(=O)c2ccc(-c3ccc4c(c3)C(=O)N(CCCC(=O)O)C4=O)cc2C1=O.O=C1OC(=O)c2cc(-c3ccc4c(c3)C(=O)OC4=O)ccc21. The van der Waals surface area contributed by atoms with Gasteiger partial charge in [-0.1, -0.05) is 24.3 Å². The molecule has 0 bridgehead atoms. The maximum absolute atomic E-state index is 12.8. The highest BCUT2D eigenvalue weighted by Crippen LogP contribution is 2.33. The van der Waals surface area contributed by atoms with E-state index in [9.17, 15) is 52.7 Å². The topological polar surface area (TPSA) is 299 Å². The van der Waals surface area contributed by atoms with Gasteiger partial charge in [0, 0.05) is 32.4 Å². The van der Waals surface area contributed by atoms with E-state index in [0.717, 1.165) is 9.80 Å². The van der Waals surface area contributed by atoms with Crippen molar-refractivity contribution in [2.24, 2.45) is 5.73 Å². The van der Waals surface area contributed by atoms with Gasteiger partial charge < -0.3 is 30.5 Å². The Morgan fingerprint density at radius 1 is 0.413 bits per heavy atom. The third kappa shape index (κ3) is 9.42. The van der Waals surface area contributed by atoms with Crippen LogP contribution in [0.1, 0.15) is 121 Å². The Bertz CT molecular complexity index is 2510. The first-order chi connectivity index (χ1) is 30.0. The molecule has 4 aromatic carbocycles.